The van der Waals surface area contributed by atoms with Crippen molar-refractivity contribution in [1.29, 1.82) is 0 Å². The van der Waals surface area contributed by atoms with Crippen molar-refractivity contribution >= 4 is 10.0 Å². The summed E-state index contributed by atoms with van der Waals surface area (Å²) in [5.41, 5.74) is 0.872. The minimum Gasteiger partial charge on any atom is -0.391 e. The number of nitrogens with zero attached hydrogens (tertiary/aromatic N) is 1. The second-order valence-electron chi connectivity index (χ2n) is 6.73. The van der Waals surface area contributed by atoms with E-state index < -0.39 is 21.9 Å². The third kappa shape index (κ3) is 4.50. The first kappa shape index (κ1) is 18.3. The monoisotopic (exact) mass is 344 g/mol. The quantitative estimate of drug-likeness (QED) is 0.846. The van der Waals surface area contributed by atoms with Crippen molar-refractivity contribution in [2.24, 2.45) is 11.1 Å². The zero-order valence-electron chi connectivity index (χ0n) is 13.8. The lowest BCUT2D eigenvalue weighted by atomic mass is 10.0. The van der Waals surface area contributed by atoms with E-state index in [-0.39, 0.29) is 11.3 Å². The van der Waals surface area contributed by atoms with Crippen molar-refractivity contribution < 1.29 is 17.9 Å². The summed E-state index contributed by atoms with van der Waals surface area (Å²) in [7, 11) is -3.98. The van der Waals surface area contributed by atoms with Gasteiger partial charge in [0.15, 0.2) is 0 Å². The fourth-order valence-corrected chi connectivity index (χ4v) is 4.28. The van der Waals surface area contributed by atoms with Crippen molar-refractivity contribution in [2.75, 3.05) is 13.1 Å². The number of primary sulfonamides is 1. The first-order valence-corrected chi connectivity index (χ1v) is 9.36. The third-order valence-corrected chi connectivity index (χ3v) is 5.59. The van der Waals surface area contributed by atoms with E-state index in [0.717, 1.165) is 19.0 Å². The number of nitrogens with two attached hydrogens (primary N) is 1. The molecule has 5 nitrogen and oxygen atoms in total. The largest absolute Gasteiger partial charge is 0.391 e. The van der Waals surface area contributed by atoms with Crippen LogP contribution in [-0.2, 0) is 16.4 Å². The van der Waals surface area contributed by atoms with E-state index >= 15 is 0 Å². The molecular weight excluding hydrogens is 319 g/mol. The van der Waals surface area contributed by atoms with Crippen LogP contribution in [0.4, 0.5) is 4.39 Å². The number of aliphatic hydroxyl groups is 1. The number of halogens is 1. The summed E-state index contributed by atoms with van der Waals surface area (Å²) in [6.45, 7) is 7.32. The molecule has 2 rings (SSSR count). The van der Waals surface area contributed by atoms with Crippen LogP contribution in [0.25, 0.3) is 0 Å². The highest BCUT2D eigenvalue weighted by Gasteiger charge is 2.28. The van der Waals surface area contributed by atoms with Gasteiger partial charge >= 0.3 is 0 Å². The van der Waals surface area contributed by atoms with E-state index in [4.69, 9.17) is 5.14 Å². The Morgan fingerprint density at radius 3 is 2.61 bits per heavy atom. The lowest BCUT2D eigenvalue weighted by Gasteiger charge is -2.24. The Morgan fingerprint density at radius 1 is 1.43 bits per heavy atom. The van der Waals surface area contributed by atoms with E-state index in [1.807, 2.05) is 0 Å². The predicted octanol–water partition coefficient (Wildman–Crippen LogP) is 1.42. The molecule has 1 aromatic carbocycles. The van der Waals surface area contributed by atoms with Crippen molar-refractivity contribution in [3.05, 3.63) is 29.1 Å². The van der Waals surface area contributed by atoms with Crippen LogP contribution in [0.2, 0.25) is 0 Å². The van der Waals surface area contributed by atoms with Gasteiger partial charge in [-0.3, -0.25) is 4.90 Å². The number of hydrogen-bond donors (Lipinski definition) is 2. The normalized spacial score (nSPS) is 24.1. The molecule has 7 heteroatoms. The third-order valence-electron chi connectivity index (χ3n) is 4.55. The second-order valence-corrected chi connectivity index (χ2v) is 8.26. The van der Waals surface area contributed by atoms with Crippen LogP contribution in [0, 0.1) is 18.7 Å². The maximum absolute atomic E-state index is 13.7. The van der Waals surface area contributed by atoms with Gasteiger partial charge < -0.3 is 5.11 Å². The van der Waals surface area contributed by atoms with Crippen LogP contribution in [0.3, 0.4) is 0 Å². The number of aliphatic hydroxyl groups excluding tert-OH is 1. The van der Waals surface area contributed by atoms with Crippen LogP contribution in [0.1, 0.15) is 31.4 Å². The first-order valence-electron chi connectivity index (χ1n) is 7.82. The molecule has 1 fully saturated rings. The summed E-state index contributed by atoms with van der Waals surface area (Å²) in [5, 5.41) is 15.5. The molecule has 1 heterocycles. The average molecular weight is 344 g/mol. The molecule has 0 radical (unpaired) electrons. The molecule has 1 aliphatic rings. The van der Waals surface area contributed by atoms with Gasteiger partial charge in [0.25, 0.3) is 0 Å². The van der Waals surface area contributed by atoms with Crippen LogP contribution in [0.15, 0.2) is 17.0 Å². The molecule has 3 N–H and O–H groups in total. The molecule has 1 aliphatic heterocycles. The van der Waals surface area contributed by atoms with Gasteiger partial charge in [-0.05, 0) is 49.4 Å². The highest BCUT2D eigenvalue weighted by Crippen LogP contribution is 2.24. The van der Waals surface area contributed by atoms with E-state index in [9.17, 15) is 17.9 Å². The van der Waals surface area contributed by atoms with Crippen molar-refractivity contribution in [2.45, 2.75) is 50.7 Å². The maximum Gasteiger partial charge on any atom is 0.238 e. The predicted molar refractivity (Wildman–Crippen MR) is 87.0 cm³/mol. The van der Waals surface area contributed by atoms with Crippen LogP contribution in [0.5, 0.6) is 0 Å². The van der Waals surface area contributed by atoms with Crippen LogP contribution in [-0.4, -0.2) is 43.7 Å². The molecule has 1 aromatic rings. The van der Waals surface area contributed by atoms with E-state index in [1.54, 1.807) is 6.92 Å². The van der Waals surface area contributed by atoms with Crippen molar-refractivity contribution in [1.82, 2.24) is 4.90 Å². The van der Waals surface area contributed by atoms with Gasteiger partial charge in [0.05, 0.1) is 11.0 Å². The van der Waals surface area contributed by atoms with E-state index in [1.165, 1.54) is 6.07 Å². The molecule has 2 unspecified atom stereocenters. The Hall–Kier alpha value is -1.02. The van der Waals surface area contributed by atoms with E-state index in [0.29, 0.717) is 29.6 Å². The maximum atomic E-state index is 13.7. The second kappa shape index (κ2) is 6.84. The summed E-state index contributed by atoms with van der Waals surface area (Å²) >= 11 is 0. The number of hydrogen-bond acceptors (Lipinski definition) is 4. The van der Waals surface area contributed by atoms with Gasteiger partial charge in [0, 0.05) is 25.6 Å². The summed E-state index contributed by atoms with van der Waals surface area (Å²) in [5.74, 6) is -0.0629. The molecule has 130 valence electrons. The molecule has 0 saturated carbocycles. The Morgan fingerprint density at radius 2 is 2.09 bits per heavy atom. The number of rotatable bonds is 5. The van der Waals surface area contributed by atoms with Crippen molar-refractivity contribution in [3.8, 4) is 0 Å². The molecule has 1 saturated heterocycles. The molecule has 3 atom stereocenters. The lowest BCUT2D eigenvalue weighted by Crippen LogP contribution is -2.36. The number of benzene rings is 1. The SMILES string of the molecule is Cc1c(C[C@@H](O)CN2CC(C)CC2C)cc(F)cc1S(N)(=O)=O. The van der Waals surface area contributed by atoms with E-state index in [2.05, 4.69) is 18.7 Å². The zero-order chi connectivity index (χ0) is 17.4. The Kier molecular flexibility index (Phi) is 5.45. The van der Waals surface area contributed by atoms with Crippen LogP contribution >= 0.6 is 0 Å². The summed E-state index contributed by atoms with van der Waals surface area (Å²) in [6, 6.07) is 2.60. The molecule has 0 aromatic heterocycles. The van der Waals surface area contributed by atoms with Gasteiger partial charge in [-0.25, -0.2) is 17.9 Å². The Labute approximate surface area is 137 Å². The summed E-state index contributed by atoms with van der Waals surface area (Å²) in [6.07, 6.45) is 0.613. The summed E-state index contributed by atoms with van der Waals surface area (Å²) in [4.78, 5) is 1.99. The Bertz CT molecular complexity index is 678. The lowest BCUT2D eigenvalue weighted by molar-refractivity contribution is 0.108. The zero-order valence-corrected chi connectivity index (χ0v) is 14.6. The average Bonchev–Trinajstić information content (AvgIpc) is 2.70. The highest BCUT2D eigenvalue weighted by molar-refractivity contribution is 7.89. The Balaban J connectivity index is 2.15. The van der Waals surface area contributed by atoms with Crippen LogP contribution < -0.4 is 5.14 Å². The fourth-order valence-electron chi connectivity index (χ4n) is 3.45. The van der Waals surface area contributed by atoms with Gasteiger partial charge in [-0.1, -0.05) is 6.92 Å². The smallest absolute Gasteiger partial charge is 0.238 e. The first-order chi connectivity index (χ1) is 10.6. The molecule has 0 bridgehead atoms. The topological polar surface area (TPSA) is 83.6 Å². The number of β-amino-alcohol motifs (C(OH)–C–C–N with tert-alkyl or cyclic N) is 1. The molecule has 0 spiro atoms. The van der Waals surface area contributed by atoms with Crippen molar-refractivity contribution in [3.63, 3.8) is 0 Å². The number of sulfonamides is 1. The molecular formula is C16H25FN2O3S. The molecule has 23 heavy (non-hydrogen) atoms. The van der Waals surface area contributed by atoms with Gasteiger partial charge in [-0.15, -0.1) is 0 Å². The minimum atomic E-state index is -3.98. The fraction of sp³-hybridized carbons (Fsp3) is 0.625. The van der Waals surface area contributed by atoms with Gasteiger partial charge in [0.2, 0.25) is 10.0 Å². The standard InChI is InChI=1S/C16H25FN2O3S/c1-10-4-11(2)19(8-10)9-15(20)6-13-5-14(17)7-16(12(13)3)23(18,21)22/h5,7,10-11,15,20H,4,6,8-9H2,1-3H3,(H2,18,21,22)/t10?,11?,15-/m1/s1. The number of likely N-dealkylation sites (tertiary alicyclic amines) is 1. The highest BCUT2D eigenvalue weighted by atomic mass is 32.2. The molecule has 0 amide bonds. The molecule has 0 aliphatic carbocycles. The van der Waals surface area contributed by atoms with Gasteiger partial charge in [-0.2, -0.15) is 0 Å². The van der Waals surface area contributed by atoms with Gasteiger partial charge in [0.1, 0.15) is 5.82 Å². The minimum absolute atomic E-state index is 0.198. The summed E-state index contributed by atoms with van der Waals surface area (Å²) < 4.78 is 36.8.